The predicted octanol–water partition coefficient (Wildman–Crippen LogP) is 0.565. The number of aliphatic hydroxyl groups is 1. The highest BCUT2D eigenvalue weighted by Crippen LogP contribution is 2.37. The number of para-hydroxylation sites is 1. The van der Waals surface area contributed by atoms with Crippen molar-refractivity contribution < 1.29 is 14.6 Å². The van der Waals surface area contributed by atoms with Crippen LogP contribution in [-0.4, -0.2) is 66.6 Å². The van der Waals surface area contributed by atoms with Gasteiger partial charge in [0, 0.05) is 31.4 Å². The van der Waals surface area contributed by atoms with E-state index in [4.69, 9.17) is 4.74 Å². The third-order valence-corrected chi connectivity index (χ3v) is 5.79. The van der Waals surface area contributed by atoms with Crippen molar-refractivity contribution in [2.24, 2.45) is 0 Å². The van der Waals surface area contributed by atoms with Crippen LogP contribution in [-0.2, 0) is 9.53 Å². The van der Waals surface area contributed by atoms with Crippen LogP contribution in [0.1, 0.15) is 19.3 Å². The number of aliphatic hydroxyl groups excluding tert-OH is 1. The highest BCUT2D eigenvalue weighted by atomic mass is 16.5. The van der Waals surface area contributed by atoms with Gasteiger partial charge in [-0.1, -0.05) is 18.2 Å². The second kappa shape index (κ2) is 6.35. The predicted molar refractivity (Wildman–Crippen MR) is 90.7 cm³/mol. The lowest BCUT2D eigenvalue weighted by molar-refractivity contribution is -0.126. The molecule has 4 rings (SSSR count). The Balaban J connectivity index is 1.50. The number of amides is 1. The smallest absolute Gasteiger partial charge is 0.247 e. The Morgan fingerprint density at radius 2 is 1.96 bits per heavy atom. The van der Waals surface area contributed by atoms with Crippen LogP contribution in [0.2, 0.25) is 0 Å². The fourth-order valence-electron chi connectivity index (χ4n) is 4.40. The number of likely N-dealkylation sites (tertiary alicyclic amines) is 1. The maximum absolute atomic E-state index is 12.6. The van der Waals surface area contributed by atoms with E-state index in [0.717, 1.165) is 38.0 Å². The number of nitrogens with zero attached hydrogens (tertiary/aromatic N) is 2. The fraction of sp³-hybridized carbons (Fsp3) is 0.611. The molecule has 1 unspecified atom stereocenters. The Morgan fingerprint density at radius 1 is 1.21 bits per heavy atom. The maximum Gasteiger partial charge on any atom is 0.247 e. The zero-order valence-electron chi connectivity index (χ0n) is 13.9. The van der Waals surface area contributed by atoms with Crippen molar-refractivity contribution in [3.05, 3.63) is 30.3 Å². The van der Waals surface area contributed by atoms with Gasteiger partial charge in [0.15, 0.2) is 0 Å². The molecule has 3 fully saturated rings. The third kappa shape index (κ3) is 2.59. The zero-order chi connectivity index (χ0) is 16.6. The van der Waals surface area contributed by atoms with Crippen LogP contribution in [0.5, 0.6) is 0 Å². The quantitative estimate of drug-likeness (QED) is 0.829. The number of rotatable bonds is 2. The molecular weight excluding hydrogens is 306 g/mol. The molecule has 24 heavy (non-hydrogen) atoms. The molecule has 0 saturated carbocycles. The molecule has 0 aliphatic carbocycles. The number of anilines is 1. The molecule has 2 atom stereocenters. The Morgan fingerprint density at radius 3 is 2.67 bits per heavy atom. The van der Waals surface area contributed by atoms with Crippen LogP contribution in [0.15, 0.2) is 30.3 Å². The molecular formula is C18H25N3O3. The minimum absolute atomic E-state index is 0.138. The second-order valence-corrected chi connectivity index (χ2v) is 6.99. The Kier molecular flexibility index (Phi) is 4.20. The van der Waals surface area contributed by atoms with E-state index in [-0.39, 0.29) is 11.9 Å². The van der Waals surface area contributed by atoms with Gasteiger partial charge in [-0.25, -0.2) is 0 Å². The largest absolute Gasteiger partial charge is 0.389 e. The summed E-state index contributed by atoms with van der Waals surface area (Å²) in [6, 6.07) is 10.3. The molecule has 6 heteroatoms. The van der Waals surface area contributed by atoms with E-state index in [9.17, 15) is 9.90 Å². The van der Waals surface area contributed by atoms with E-state index in [0.29, 0.717) is 19.9 Å². The van der Waals surface area contributed by atoms with Gasteiger partial charge in [0.05, 0.1) is 19.4 Å². The minimum atomic E-state index is -0.450. The first-order valence-electron chi connectivity index (χ1n) is 8.81. The van der Waals surface area contributed by atoms with Crippen LogP contribution in [0.3, 0.4) is 0 Å². The molecule has 1 amide bonds. The zero-order valence-corrected chi connectivity index (χ0v) is 13.9. The Bertz CT molecular complexity index is 586. The van der Waals surface area contributed by atoms with Gasteiger partial charge < -0.3 is 20.1 Å². The summed E-state index contributed by atoms with van der Waals surface area (Å²) in [6.07, 6.45) is 2.02. The number of hydrogen-bond acceptors (Lipinski definition) is 5. The Hall–Kier alpha value is -1.63. The summed E-state index contributed by atoms with van der Waals surface area (Å²) in [7, 11) is 0. The van der Waals surface area contributed by atoms with Gasteiger partial charge in [0.1, 0.15) is 5.54 Å². The summed E-state index contributed by atoms with van der Waals surface area (Å²) in [6.45, 7) is 3.36. The maximum atomic E-state index is 12.6. The van der Waals surface area contributed by atoms with E-state index in [2.05, 4.69) is 27.2 Å². The van der Waals surface area contributed by atoms with Crippen LogP contribution >= 0.6 is 0 Å². The van der Waals surface area contributed by atoms with Gasteiger partial charge in [0.25, 0.3) is 0 Å². The molecule has 3 saturated heterocycles. The first kappa shape index (κ1) is 15.9. The summed E-state index contributed by atoms with van der Waals surface area (Å²) in [4.78, 5) is 17.2. The first-order chi connectivity index (χ1) is 11.7. The third-order valence-electron chi connectivity index (χ3n) is 5.79. The number of benzene rings is 1. The summed E-state index contributed by atoms with van der Waals surface area (Å²) < 4.78 is 5.34. The van der Waals surface area contributed by atoms with Crippen LogP contribution in [0, 0.1) is 0 Å². The lowest BCUT2D eigenvalue weighted by Crippen LogP contribution is -2.60. The number of carbonyl (C=O) groups is 1. The normalized spacial score (nSPS) is 30.5. The average Bonchev–Trinajstić information content (AvgIpc) is 2.93. The summed E-state index contributed by atoms with van der Waals surface area (Å²) >= 11 is 0. The van der Waals surface area contributed by atoms with Crippen LogP contribution in [0.4, 0.5) is 5.69 Å². The van der Waals surface area contributed by atoms with Gasteiger partial charge in [-0.2, -0.15) is 0 Å². The monoisotopic (exact) mass is 331 g/mol. The van der Waals surface area contributed by atoms with Gasteiger partial charge in [-0.15, -0.1) is 0 Å². The number of piperidine rings is 1. The topological polar surface area (TPSA) is 65.0 Å². The molecule has 6 nitrogen and oxygen atoms in total. The van der Waals surface area contributed by atoms with E-state index >= 15 is 0 Å². The Labute approximate surface area is 142 Å². The average molecular weight is 331 g/mol. The number of nitrogens with one attached hydrogen (secondary N) is 1. The molecule has 0 radical (unpaired) electrons. The van der Waals surface area contributed by atoms with Crippen molar-refractivity contribution in [1.29, 1.82) is 0 Å². The first-order valence-corrected chi connectivity index (χ1v) is 8.81. The van der Waals surface area contributed by atoms with E-state index in [1.807, 2.05) is 18.2 Å². The molecule has 1 spiro atoms. The molecule has 1 aromatic carbocycles. The summed E-state index contributed by atoms with van der Waals surface area (Å²) in [5.41, 5.74) is 0.643. The SMILES string of the molecule is O=C1NCN(c2ccccc2)C12CCN([C@@H]1CCOCC1O)CC2. The number of hydrogen-bond donors (Lipinski definition) is 2. The molecule has 3 aliphatic heterocycles. The van der Waals surface area contributed by atoms with Crippen LogP contribution in [0.25, 0.3) is 0 Å². The molecule has 130 valence electrons. The van der Waals surface area contributed by atoms with Crippen molar-refractivity contribution in [1.82, 2.24) is 10.2 Å². The van der Waals surface area contributed by atoms with Gasteiger partial charge in [0.2, 0.25) is 5.91 Å². The number of ether oxygens (including phenoxy) is 1. The van der Waals surface area contributed by atoms with Crippen molar-refractivity contribution in [3.8, 4) is 0 Å². The van der Waals surface area contributed by atoms with Gasteiger partial charge >= 0.3 is 0 Å². The molecule has 3 heterocycles. The van der Waals surface area contributed by atoms with Gasteiger partial charge in [-0.05, 0) is 31.4 Å². The minimum Gasteiger partial charge on any atom is -0.389 e. The van der Waals surface area contributed by atoms with E-state index in [1.54, 1.807) is 0 Å². The molecule has 1 aromatic rings. The summed E-state index contributed by atoms with van der Waals surface area (Å²) in [5.74, 6) is 0.138. The van der Waals surface area contributed by atoms with Crippen LogP contribution < -0.4 is 10.2 Å². The van der Waals surface area contributed by atoms with Crippen molar-refractivity contribution >= 4 is 11.6 Å². The van der Waals surface area contributed by atoms with E-state index < -0.39 is 11.6 Å². The lowest BCUT2D eigenvalue weighted by Gasteiger charge is -2.47. The van der Waals surface area contributed by atoms with Crippen molar-refractivity contribution in [2.75, 3.05) is 37.9 Å². The second-order valence-electron chi connectivity index (χ2n) is 6.99. The molecule has 0 aromatic heterocycles. The fourth-order valence-corrected chi connectivity index (χ4v) is 4.40. The van der Waals surface area contributed by atoms with Gasteiger partial charge in [-0.3, -0.25) is 9.69 Å². The lowest BCUT2D eigenvalue weighted by atomic mass is 9.84. The molecule has 3 aliphatic rings. The molecule has 2 N–H and O–H groups in total. The molecule has 0 bridgehead atoms. The van der Waals surface area contributed by atoms with E-state index in [1.165, 1.54) is 0 Å². The standard InChI is InChI=1S/C18H25N3O3/c22-16-12-24-11-6-15(16)20-9-7-18(8-10-20)17(23)19-13-21(18)14-4-2-1-3-5-14/h1-5,15-16,22H,6-13H2,(H,19,23)/t15-,16?/m1/s1. The summed E-state index contributed by atoms with van der Waals surface area (Å²) in [5, 5.41) is 13.2. The highest BCUT2D eigenvalue weighted by Gasteiger charge is 2.51. The van der Waals surface area contributed by atoms with Crippen molar-refractivity contribution in [3.63, 3.8) is 0 Å². The van der Waals surface area contributed by atoms with Crippen molar-refractivity contribution in [2.45, 2.75) is 36.9 Å². The number of carbonyl (C=O) groups excluding carboxylic acids is 1. The highest BCUT2D eigenvalue weighted by molar-refractivity contribution is 5.93.